The molecule has 0 spiro atoms. The fourth-order valence-electron chi connectivity index (χ4n) is 1.29. The van der Waals surface area contributed by atoms with Crippen LogP contribution in [-0.4, -0.2) is 55.4 Å². The van der Waals surface area contributed by atoms with E-state index < -0.39 is 55.4 Å². The van der Waals surface area contributed by atoms with Gasteiger partial charge in [-0.25, -0.2) is 0 Å². The van der Waals surface area contributed by atoms with Crippen molar-refractivity contribution >= 4 is 31.2 Å². The first-order chi connectivity index (χ1) is 8.50. The Labute approximate surface area is 134 Å². The Bertz CT molecular complexity index is 422. The van der Waals surface area contributed by atoms with Crippen LogP contribution in [0.1, 0.15) is 12.8 Å². The number of hydrogen-bond acceptors (Lipinski definition) is 6. The molecular weight excluding hydrogens is 310 g/mol. The molecule has 0 aromatic carbocycles. The van der Waals surface area contributed by atoms with Gasteiger partial charge in [-0.2, -0.15) is 0 Å². The van der Waals surface area contributed by atoms with Gasteiger partial charge >= 0.3 is 47.5 Å². The second-order valence-corrected chi connectivity index (χ2v) is 6.15. The third-order valence-corrected chi connectivity index (χ3v) is 4.77. The Morgan fingerprint density at radius 2 is 1.30 bits per heavy atom. The van der Waals surface area contributed by atoms with Crippen molar-refractivity contribution in [1.82, 2.24) is 0 Å². The third kappa shape index (κ3) is 6.02. The number of carboxylic acid groups (broad SMARTS) is 4. The summed E-state index contributed by atoms with van der Waals surface area (Å²) in [4.78, 5) is 51.7. The van der Waals surface area contributed by atoms with E-state index in [0.717, 1.165) is 0 Å². The van der Waals surface area contributed by atoms with Gasteiger partial charge in [-0.05, 0) is 0 Å². The van der Waals surface area contributed by atoms with E-state index in [0.29, 0.717) is 0 Å². The number of aliphatic carboxylic acids is 4. The first-order valence-corrected chi connectivity index (χ1v) is 6.49. The normalized spacial score (nSPS) is 16.1. The molecule has 0 aromatic heterocycles. The van der Waals surface area contributed by atoms with Crippen LogP contribution in [0.4, 0.5) is 0 Å². The van der Waals surface area contributed by atoms with Crippen molar-refractivity contribution < 1.29 is 78.6 Å². The van der Waals surface area contributed by atoms with Gasteiger partial charge in [0.25, 0.3) is 0 Å². The molecule has 0 saturated heterocycles. The summed E-state index contributed by atoms with van der Waals surface area (Å²) in [5.41, 5.74) is -4.92. The molecule has 0 aliphatic carbocycles. The van der Waals surface area contributed by atoms with Crippen molar-refractivity contribution in [3.8, 4) is 0 Å². The van der Waals surface area contributed by atoms with Crippen LogP contribution < -0.4 is 34.7 Å². The van der Waals surface area contributed by atoms with Crippen molar-refractivity contribution in [3.63, 3.8) is 0 Å². The molecule has 0 heterocycles. The van der Waals surface area contributed by atoms with Crippen LogP contribution in [0.5, 0.6) is 0 Å². The fraction of sp³-hybridized carbons (Fsp3) is 0.500. The summed E-state index contributed by atoms with van der Waals surface area (Å²) < 4.78 is 11.8. The van der Waals surface area contributed by atoms with E-state index in [1.165, 1.54) is 0 Å². The Morgan fingerprint density at radius 1 is 0.950 bits per heavy atom. The van der Waals surface area contributed by atoms with Gasteiger partial charge < -0.3 is 30.1 Å². The fourth-order valence-corrected chi connectivity index (χ4v) is 3.18. The van der Waals surface area contributed by atoms with Gasteiger partial charge in [-0.3, -0.25) is 18.9 Å². The van der Waals surface area contributed by atoms with E-state index in [2.05, 4.69) is 0 Å². The zero-order valence-corrected chi connectivity index (χ0v) is 13.1. The van der Waals surface area contributed by atoms with E-state index in [1.807, 2.05) is 0 Å². The molecule has 0 bridgehead atoms. The number of carbonyl (C=O) groups is 4. The molecule has 0 aromatic rings. The average molecular weight is 320 g/mol. The molecule has 4 N–H and O–H groups in total. The molecule has 3 unspecified atom stereocenters. The Morgan fingerprint density at radius 3 is 1.55 bits per heavy atom. The summed E-state index contributed by atoms with van der Waals surface area (Å²) >= 11 is 0. The minimum atomic E-state index is -5.16. The predicted molar refractivity (Wildman–Crippen MR) is 54.5 cm³/mol. The first-order valence-electron chi connectivity index (χ1n) is 4.69. The van der Waals surface area contributed by atoms with E-state index in [1.54, 1.807) is 0 Å². The van der Waals surface area contributed by atoms with Gasteiger partial charge in [-0.1, -0.05) is 0 Å². The maximum absolute atomic E-state index is 11.8. The van der Waals surface area contributed by atoms with Crippen molar-refractivity contribution in [3.05, 3.63) is 0 Å². The molecule has 0 fully saturated rings. The molecule has 108 valence electrons. The molecule has 12 heteroatoms. The van der Waals surface area contributed by atoms with Gasteiger partial charge in [0.15, 0.2) is 0 Å². The zero-order valence-electron chi connectivity index (χ0n) is 10.3. The van der Waals surface area contributed by atoms with Gasteiger partial charge in [0.05, 0.1) is 24.5 Å². The summed E-state index contributed by atoms with van der Waals surface area (Å²) in [7, 11) is -5.16. The summed E-state index contributed by atoms with van der Waals surface area (Å²) in [6.45, 7) is 0. The van der Waals surface area contributed by atoms with Crippen LogP contribution in [0.25, 0.3) is 0 Å². The molecular formula is C8H10NaO10P. The van der Waals surface area contributed by atoms with Gasteiger partial charge in [0, 0.05) is 0 Å². The molecule has 20 heavy (non-hydrogen) atoms. The molecule has 0 rings (SSSR count). The first kappa shape index (κ1) is 21.4. The van der Waals surface area contributed by atoms with Gasteiger partial charge in [-0.15, -0.1) is 0 Å². The van der Waals surface area contributed by atoms with Crippen LogP contribution in [0, 0.1) is 0 Å². The third-order valence-electron chi connectivity index (χ3n) is 2.19. The minimum absolute atomic E-state index is 0. The standard InChI is InChI=1S/C8H11O10P.Na/c9-5(10)1-3(7(13)14)19(17,18)4(8(15)16)2-6(11)12;/h3-4H,1-2H2,(H,9,10)(H,11,12)(H,13,14)(H,15,16)(H,17,18);/q;+1/p-1. The second kappa shape index (κ2) is 8.38. The Hall–Kier alpha value is -0.930. The molecule has 10 nitrogen and oxygen atoms in total. The summed E-state index contributed by atoms with van der Waals surface area (Å²) in [5.74, 6) is -7.74. The topological polar surface area (TPSA) is 189 Å². The Balaban J connectivity index is 0. The van der Waals surface area contributed by atoms with Crippen LogP contribution in [0.2, 0.25) is 0 Å². The molecule has 0 radical (unpaired) electrons. The average Bonchev–Trinajstić information content (AvgIpc) is 2.20. The minimum Gasteiger partial charge on any atom is -0.549 e. The molecule has 0 aliphatic heterocycles. The van der Waals surface area contributed by atoms with Crippen molar-refractivity contribution in [2.24, 2.45) is 0 Å². The second-order valence-electron chi connectivity index (χ2n) is 3.56. The van der Waals surface area contributed by atoms with Crippen molar-refractivity contribution in [2.45, 2.75) is 24.2 Å². The van der Waals surface area contributed by atoms with E-state index >= 15 is 0 Å². The number of rotatable bonds is 8. The van der Waals surface area contributed by atoms with Crippen molar-refractivity contribution in [2.75, 3.05) is 0 Å². The maximum atomic E-state index is 11.8. The molecule has 3 atom stereocenters. The van der Waals surface area contributed by atoms with Crippen LogP contribution in [-0.2, 0) is 23.7 Å². The SMILES string of the molecule is O=C(O)CC(C(=O)[O-])P(=O)(O)C(CC(=O)O)C(=O)O.[Na+]. The van der Waals surface area contributed by atoms with Crippen molar-refractivity contribution in [1.29, 1.82) is 0 Å². The summed E-state index contributed by atoms with van der Waals surface area (Å²) in [5, 5.41) is 36.1. The molecule has 0 saturated carbocycles. The smallest absolute Gasteiger partial charge is 0.549 e. The number of carboxylic acids is 4. The van der Waals surface area contributed by atoms with Crippen LogP contribution in [0.3, 0.4) is 0 Å². The van der Waals surface area contributed by atoms with E-state index in [9.17, 15) is 33.7 Å². The largest absolute Gasteiger partial charge is 1.00 e. The van der Waals surface area contributed by atoms with Crippen LogP contribution >= 0.6 is 7.37 Å². The van der Waals surface area contributed by atoms with E-state index in [4.69, 9.17) is 15.3 Å². The summed E-state index contributed by atoms with van der Waals surface area (Å²) in [6, 6.07) is 0. The number of carbonyl (C=O) groups excluding carboxylic acids is 1. The molecule has 0 aliphatic rings. The van der Waals surface area contributed by atoms with Gasteiger partial charge in [0.1, 0.15) is 5.66 Å². The van der Waals surface area contributed by atoms with Gasteiger partial charge in [0.2, 0.25) is 7.37 Å². The quantitative estimate of drug-likeness (QED) is 0.248. The monoisotopic (exact) mass is 320 g/mol. The van der Waals surface area contributed by atoms with Crippen LogP contribution in [0.15, 0.2) is 0 Å². The molecule has 0 amide bonds. The van der Waals surface area contributed by atoms with E-state index in [-0.39, 0.29) is 29.6 Å². The number of hydrogen-bond donors (Lipinski definition) is 4. The Kier molecular flexibility index (Phi) is 8.95. The maximum Gasteiger partial charge on any atom is 1.00 e. The predicted octanol–water partition coefficient (Wildman–Crippen LogP) is -5.22. The zero-order chi connectivity index (χ0) is 15.4. The summed E-state index contributed by atoms with van der Waals surface area (Å²) in [6.07, 6.45) is -2.66.